The molecule has 0 atom stereocenters. The standard InChI is InChI=1S/C23H22ClFN6O3S/c24-16-11-14(1-2-17(16)25)34-12-19-29-20-15(22(32)30-19)3-4-26-21(20)18-13-35-23(28-18)27-5-6-31-7-9-33-10-8-31/h1-4,11,13H,5-10,12H2,(H,27,28)(H,29,30,32). The molecule has 1 aliphatic rings. The number of benzene rings is 1. The third-order valence-corrected chi connectivity index (χ3v) is 6.58. The van der Waals surface area contributed by atoms with Gasteiger partial charge in [-0.2, -0.15) is 0 Å². The van der Waals surface area contributed by atoms with Crippen LogP contribution in [0.1, 0.15) is 5.82 Å². The van der Waals surface area contributed by atoms with Crippen molar-refractivity contribution in [1.29, 1.82) is 0 Å². The van der Waals surface area contributed by atoms with Gasteiger partial charge < -0.3 is 19.8 Å². The fraction of sp³-hybridized carbons (Fsp3) is 0.304. The number of nitrogens with zero attached hydrogens (tertiary/aromatic N) is 4. The van der Waals surface area contributed by atoms with Gasteiger partial charge in [0, 0.05) is 43.8 Å². The molecule has 182 valence electrons. The lowest BCUT2D eigenvalue weighted by Gasteiger charge is -2.26. The highest BCUT2D eigenvalue weighted by molar-refractivity contribution is 7.14. The predicted octanol–water partition coefficient (Wildman–Crippen LogP) is 3.56. The molecule has 0 aliphatic carbocycles. The Morgan fingerprint density at radius 3 is 2.94 bits per heavy atom. The highest BCUT2D eigenvalue weighted by Crippen LogP contribution is 2.27. The van der Waals surface area contributed by atoms with Crippen LogP contribution in [0.15, 0.2) is 40.6 Å². The molecule has 4 aromatic rings. The van der Waals surface area contributed by atoms with E-state index >= 15 is 0 Å². The molecule has 1 aliphatic heterocycles. The number of hydrogen-bond donors (Lipinski definition) is 2. The minimum absolute atomic E-state index is 0.0348. The lowest BCUT2D eigenvalue weighted by molar-refractivity contribution is 0.0398. The summed E-state index contributed by atoms with van der Waals surface area (Å²) in [6.45, 7) is 5.05. The number of ether oxygens (including phenoxy) is 2. The van der Waals surface area contributed by atoms with Gasteiger partial charge >= 0.3 is 0 Å². The summed E-state index contributed by atoms with van der Waals surface area (Å²) in [6.07, 6.45) is 1.57. The average molecular weight is 517 g/mol. The first-order valence-electron chi connectivity index (χ1n) is 11.0. The molecule has 9 nitrogen and oxygen atoms in total. The topological polar surface area (TPSA) is 105 Å². The maximum atomic E-state index is 13.4. The number of nitrogens with one attached hydrogen (secondary N) is 2. The van der Waals surface area contributed by atoms with Crippen molar-refractivity contribution in [3.05, 3.63) is 62.9 Å². The number of aromatic nitrogens is 4. The van der Waals surface area contributed by atoms with Crippen molar-refractivity contribution < 1.29 is 13.9 Å². The van der Waals surface area contributed by atoms with Gasteiger partial charge in [-0.05, 0) is 18.2 Å². The molecule has 0 amide bonds. The number of halogens is 2. The van der Waals surface area contributed by atoms with Crippen LogP contribution in [0.5, 0.6) is 5.75 Å². The van der Waals surface area contributed by atoms with E-state index in [1.54, 1.807) is 12.3 Å². The van der Waals surface area contributed by atoms with Crippen LogP contribution in [0.25, 0.3) is 22.3 Å². The van der Waals surface area contributed by atoms with Crippen LogP contribution < -0.4 is 15.6 Å². The van der Waals surface area contributed by atoms with Gasteiger partial charge in [-0.25, -0.2) is 14.4 Å². The van der Waals surface area contributed by atoms with E-state index in [0.717, 1.165) is 44.5 Å². The van der Waals surface area contributed by atoms with E-state index in [4.69, 9.17) is 21.1 Å². The Labute approximate surface area is 208 Å². The van der Waals surface area contributed by atoms with Crippen LogP contribution in [0.3, 0.4) is 0 Å². The summed E-state index contributed by atoms with van der Waals surface area (Å²) in [4.78, 5) is 31.4. The quantitative estimate of drug-likeness (QED) is 0.366. The first-order valence-corrected chi connectivity index (χ1v) is 12.3. The molecule has 1 fully saturated rings. The van der Waals surface area contributed by atoms with Gasteiger partial charge in [0.15, 0.2) is 5.13 Å². The Morgan fingerprint density at radius 1 is 1.26 bits per heavy atom. The van der Waals surface area contributed by atoms with Gasteiger partial charge in [-0.3, -0.25) is 14.7 Å². The Bertz CT molecular complexity index is 1390. The number of H-pyrrole nitrogens is 1. The number of aromatic amines is 1. The molecule has 0 radical (unpaired) electrons. The van der Waals surface area contributed by atoms with Crippen molar-refractivity contribution in [2.24, 2.45) is 0 Å². The second-order valence-electron chi connectivity index (χ2n) is 7.85. The van der Waals surface area contributed by atoms with Crippen LogP contribution in [-0.4, -0.2) is 64.2 Å². The van der Waals surface area contributed by atoms with E-state index in [1.807, 2.05) is 5.38 Å². The zero-order chi connectivity index (χ0) is 24.2. The van der Waals surface area contributed by atoms with Gasteiger partial charge in [0.05, 0.1) is 23.6 Å². The Morgan fingerprint density at radius 2 is 2.11 bits per heavy atom. The van der Waals surface area contributed by atoms with E-state index in [-0.39, 0.29) is 17.2 Å². The zero-order valence-electron chi connectivity index (χ0n) is 18.6. The molecular weight excluding hydrogens is 495 g/mol. The summed E-state index contributed by atoms with van der Waals surface area (Å²) >= 11 is 7.28. The molecular formula is C23H22ClFN6O3S. The molecule has 12 heteroatoms. The van der Waals surface area contributed by atoms with Crippen molar-refractivity contribution >= 4 is 39.0 Å². The van der Waals surface area contributed by atoms with Gasteiger partial charge in [-0.1, -0.05) is 11.6 Å². The maximum Gasteiger partial charge on any atom is 0.258 e. The number of anilines is 1. The van der Waals surface area contributed by atoms with Gasteiger partial charge in [0.25, 0.3) is 5.56 Å². The van der Waals surface area contributed by atoms with Crippen molar-refractivity contribution in [1.82, 2.24) is 24.8 Å². The van der Waals surface area contributed by atoms with Gasteiger partial charge in [0.2, 0.25) is 0 Å². The lowest BCUT2D eigenvalue weighted by Crippen LogP contribution is -2.38. The SMILES string of the molecule is O=c1[nH]c(COc2ccc(F)c(Cl)c2)nc2c(-c3csc(NCCN4CCOCC4)n3)nccc12. The molecule has 4 heterocycles. The monoisotopic (exact) mass is 516 g/mol. The molecule has 5 rings (SSSR count). The van der Waals surface area contributed by atoms with Crippen LogP contribution in [0, 0.1) is 5.82 Å². The van der Waals surface area contributed by atoms with Crippen LogP contribution >= 0.6 is 22.9 Å². The third-order valence-electron chi connectivity index (χ3n) is 5.49. The molecule has 3 aromatic heterocycles. The smallest absolute Gasteiger partial charge is 0.258 e. The fourth-order valence-corrected chi connectivity index (χ4v) is 4.59. The average Bonchev–Trinajstić information content (AvgIpc) is 3.34. The summed E-state index contributed by atoms with van der Waals surface area (Å²) in [7, 11) is 0. The first kappa shape index (κ1) is 23.6. The highest BCUT2D eigenvalue weighted by Gasteiger charge is 2.15. The first-order chi connectivity index (χ1) is 17.1. The Hall–Kier alpha value is -3.12. The molecule has 35 heavy (non-hydrogen) atoms. The van der Waals surface area contributed by atoms with E-state index in [2.05, 4.69) is 30.2 Å². The van der Waals surface area contributed by atoms with E-state index < -0.39 is 5.82 Å². The van der Waals surface area contributed by atoms with Crippen LogP contribution in [0.4, 0.5) is 9.52 Å². The van der Waals surface area contributed by atoms with Crippen molar-refractivity contribution in [3.8, 4) is 17.1 Å². The molecule has 0 spiro atoms. The minimum atomic E-state index is -0.537. The largest absolute Gasteiger partial charge is 0.486 e. The van der Waals surface area contributed by atoms with E-state index in [0.29, 0.717) is 33.9 Å². The summed E-state index contributed by atoms with van der Waals surface area (Å²) in [5.41, 5.74) is 1.26. The third kappa shape index (κ3) is 5.59. The number of hydrogen-bond acceptors (Lipinski definition) is 9. The van der Waals surface area contributed by atoms with E-state index in [9.17, 15) is 9.18 Å². The lowest BCUT2D eigenvalue weighted by atomic mass is 10.2. The molecule has 1 saturated heterocycles. The number of morpholine rings is 1. The summed E-state index contributed by atoms with van der Waals surface area (Å²) in [5, 5.41) is 6.36. The normalized spacial score (nSPS) is 14.3. The minimum Gasteiger partial charge on any atom is -0.486 e. The Kier molecular flexibility index (Phi) is 7.19. The second-order valence-corrected chi connectivity index (χ2v) is 9.12. The van der Waals surface area contributed by atoms with Crippen molar-refractivity contribution in [3.63, 3.8) is 0 Å². The molecule has 1 aromatic carbocycles. The number of rotatable bonds is 8. The number of pyridine rings is 1. The molecule has 0 unspecified atom stereocenters. The fourth-order valence-electron chi connectivity index (χ4n) is 3.70. The molecule has 0 bridgehead atoms. The van der Waals surface area contributed by atoms with Crippen molar-refractivity contribution in [2.45, 2.75) is 6.61 Å². The summed E-state index contributed by atoms with van der Waals surface area (Å²) in [6, 6.07) is 5.65. The van der Waals surface area contributed by atoms with E-state index in [1.165, 1.54) is 29.5 Å². The van der Waals surface area contributed by atoms with Crippen LogP contribution in [-0.2, 0) is 11.3 Å². The second kappa shape index (κ2) is 10.6. The highest BCUT2D eigenvalue weighted by atomic mass is 35.5. The summed E-state index contributed by atoms with van der Waals surface area (Å²) in [5.74, 6) is 0.124. The summed E-state index contributed by atoms with van der Waals surface area (Å²) < 4.78 is 24.4. The maximum absolute atomic E-state index is 13.4. The van der Waals surface area contributed by atoms with Crippen molar-refractivity contribution in [2.75, 3.05) is 44.7 Å². The molecule has 2 N–H and O–H groups in total. The Balaban J connectivity index is 1.33. The molecule has 0 saturated carbocycles. The predicted molar refractivity (Wildman–Crippen MR) is 133 cm³/mol. The zero-order valence-corrected chi connectivity index (χ0v) is 20.2. The number of fused-ring (bicyclic) bond motifs is 1. The van der Waals surface area contributed by atoms with Gasteiger partial charge in [0.1, 0.15) is 40.9 Å². The van der Waals surface area contributed by atoms with Gasteiger partial charge in [-0.15, -0.1) is 11.3 Å². The number of thiazole rings is 1. The van der Waals surface area contributed by atoms with Crippen LogP contribution in [0.2, 0.25) is 5.02 Å².